The van der Waals surface area contributed by atoms with E-state index in [9.17, 15) is 4.79 Å². The number of esters is 1. The molecule has 7 heteroatoms. The largest absolute Gasteiger partial charge is 0.464 e. The third kappa shape index (κ3) is 5.30. The summed E-state index contributed by atoms with van der Waals surface area (Å²) in [6, 6.07) is 3.26. The van der Waals surface area contributed by atoms with Gasteiger partial charge in [-0.1, -0.05) is 6.92 Å². The molecule has 21 heavy (non-hydrogen) atoms. The fourth-order valence-electron chi connectivity index (χ4n) is 1.47. The minimum atomic E-state index is -0.593. The summed E-state index contributed by atoms with van der Waals surface area (Å²) in [4.78, 5) is 20.7. The van der Waals surface area contributed by atoms with Gasteiger partial charge in [-0.05, 0) is 11.8 Å². The lowest BCUT2D eigenvalue weighted by Gasteiger charge is -2.08. The molecule has 0 aliphatic heterocycles. The minimum Gasteiger partial charge on any atom is -0.464 e. The molecule has 1 unspecified atom stereocenters. The first-order chi connectivity index (χ1) is 10.2. The Balaban J connectivity index is 2.77. The zero-order valence-corrected chi connectivity index (χ0v) is 13.5. The van der Waals surface area contributed by atoms with Gasteiger partial charge in [-0.25, -0.2) is 16.4 Å². The molecule has 1 atom stereocenters. The summed E-state index contributed by atoms with van der Waals surface area (Å²) in [5.41, 5.74) is 0.324. The van der Waals surface area contributed by atoms with Gasteiger partial charge in [-0.15, -0.1) is 23.5 Å². The lowest BCUT2D eigenvalue weighted by Crippen LogP contribution is -2.06. The molecule has 0 aromatic carbocycles. The second-order valence-electron chi connectivity index (χ2n) is 3.85. The first-order valence-electron chi connectivity index (χ1n) is 6.26. The van der Waals surface area contributed by atoms with E-state index in [0.717, 1.165) is 15.5 Å². The Labute approximate surface area is 132 Å². The number of aromatic nitrogens is 1. The highest BCUT2D eigenvalue weighted by Crippen LogP contribution is 2.28. The van der Waals surface area contributed by atoms with Crippen molar-refractivity contribution in [2.75, 3.05) is 18.6 Å². The predicted molar refractivity (Wildman–Crippen MR) is 83.3 cm³/mol. The number of carbonyl (C=O) groups excluding carboxylic acids is 1. The van der Waals surface area contributed by atoms with Crippen LogP contribution in [0.4, 0.5) is 0 Å². The van der Waals surface area contributed by atoms with E-state index in [4.69, 9.17) is 16.6 Å². The number of nitriles is 1. The summed E-state index contributed by atoms with van der Waals surface area (Å²) >= 11 is 3.06. The summed E-state index contributed by atoms with van der Waals surface area (Å²) in [7, 11) is 1.33. The molecule has 0 aliphatic carbocycles. The van der Waals surface area contributed by atoms with Crippen molar-refractivity contribution in [3.63, 3.8) is 0 Å². The summed E-state index contributed by atoms with van der Waals surface area (Å²) in [5, 5.41) is 8.72. The number of pyridine rings is 1. The number of carbonyl (C=O) groups is 1. The van der Waals surface area contributed by atoms with Crippen LogP contribution in [0.5, 0.6) is 0 Å². The molecular formula is C14H15N3O2S2. The molecule has 0 radical (unpaired) electrons. The van der Waals surface area contributed by atoms with Crippen LogP contribution < -0.4 is 0 Å². The van der Waals surface area contributed by atoms with Crippen molar-refractivity contribution in [2.45, 2.75) is 29.2 Å². The summed E-state index contributed by atoms with van der Waals surface area (Å²) in [6.45, 7) is 8.85. The zero-order valence-electron chi connectivity index (χ0n) is 11.8. The molecule has 1 aromatic rings. The second kappa shape index (κ2) is 9.28. The van der Waals surface area contributed by atoms with E-state index >= 15 is 0 Å². The highest BCUT2D eigenvalue weighted by molar-refractivity contribution is 8.00. The predicted octanol–water partition coefficient (Wildman–Crippen LogP) is 3.27. The third-order valence-corrected chi connectivity index (χ3v) is 4.38. The molecule has 0 saturated carbocycles. The van der Waals surface area contributed by atoms with E-state index in [2.05, 4.69) is 9.83 Å². The Bertz CT molecular complexity index is 565. The van der Waals surface area contributed by atoms with Crippen LogP contribution in [-0.2, 0) is 4.74 Å². The quantitative estimate of drug-likeness (QED) is 0.436. The number of ether oxygens (including phenoxy) is 1. The van der Waals surface area contributed by atoms with Gasteiger partial charge in [0.25, 0.3) is 0 Å². The lowest BCUT2D eigenvalue weighted by molar-refractivity contribution is 0.0589. The molecule has 5 nitrogen and oxygen atoms in total. The van der Waals surface area contributed by atoms with Crippen molar-refractivity contribution in [1.82, 2.24) is 4.98 Å². The fourth-order valence-corrected chi connectivity index (χ4v) is 3.24. The Morgan fingerprint density at radius 2 is 2.38 bits per heavy atom. The van der Waals surface area contributed by atoms with Gasteiger partial charge < -0.3 is 4.74 Å². The Hall–Kier alpha value is -1.70. The van der Waals surface area contributed by atoms with Crippen LogP contribution in [0, 0.1) is 17.9 Å². The number of nitrogens with zero attached hydrogens (tertiary/aromatic N) is 3. The van der Waals surface area contributed by atoms with Gasteiger partial charge in [-0.3, -0.25) is 4.85 Å². The molecule has 0 aliphatic rings. The van der Waals surface area contributed by atoms with E-state index < -0.39 is 12.0 Å². The SMILES string of the molecule is [C-]#[N+]C(C#N)CCSc1cnc(C(=O)OC)c(SCC)c1. The lowest BCUT2D eigenvalue weighted by atomic mass is 10.3. The maximum Gasteiger partial charge on any atom is 0.357 e. The molecule has 0 amide bonds. The van der Waals surface area contributed by atoms with E-state index in [0.29, 0.717) is 17.9 Å². The van der Waals surface area contributed by atoms with Crippen molar-refractivity contribution in [3.05, 3.63) is 29.4 Å². The van der Waals surface area contributed by atoms with Gasteiger partial charge in [0.15, 0.2) is 11.8 Å². The number of rotatable bonds is 7. The van der Waals surface area contributed by atoms with Gasteiger partial charge in [0, 0.05) is 28.2 Å². The van der Waals surface area contributed by atoms with Crippen molar-refractivity contribution in [3.8, 4) is 6.07 Å². The molecular weight excluding hydrogens is 306 g/mol. The highest BCUT2D eigenvalue weighted by atomic mass is 32.2. The number of thioether (sulfide) groups is 2. The Morgan fingerprint density at radius 3 is 2.95 bits per heavy atom. The molecule has 110 valence electrons. The average Bonchev–Trinajstić information content (AvgIpc) is 2.51. The number of hydrogen-bond acceptors (Lipinski definition) is 6. The van der Waals surface area contributed by atoms with Gasteiger partial charge in [0.2, 0.25) is 0 Å². The first kappa shape index (κ1) is 17.4. The fraction of sp³-hybridized carbons (Fsp3) is 0.429. The smallest absolute Gasteiger partial charge is 0.357 e. The van der Waals surface area contributed by atoms with Crippen LogP contribution in [0.3, 0.4) is 0 Å². The van der Waals surface area contributed by atoms with Gasteiger partial charge >= 0.3 is 12.0 Å². The second-order valence-corrected chi connectivity index (χ2v) is 6.33. The molecule has 1 heterocycles. The maximum absolute atomic E-state index is 11.6. The average molecular weight is 321 g/mol. The Kier molecular flexibility index (Phi) is 7.66. The van der Waals surface area contributed by atoms with Crippen LogP contribution in [0.15, 0.2) is 22.1 Å². The molecule has 0 N–H and O–H groups in total. The number of methoxy groups -OCH3 is 1. The summed E-state index contributed by atoms with van der Waals surface area (Å²) in [5.74, 6) is 1.05. The summed E-state index contributed by atoms with van der Waals surface area (Å²) in [6.07, 6.45) is 2.13. The van der Waals surface area contributed by atoms with Crippen molar-refractivity contribution >= 4 is 29.5 Å². The van der Waals surface area contributed by atoms with Crippen molar-refractivity contribution in [2.24, 2.45) is 0 Å². The third-order valence-electron chi connectivity index (χ3n) is 2.47. The van der Waals surface area contributed by atoms with Crippen LogP contribution >= 0.6 is 23.5 Å². The molecule has 1 rings (SSSR count). The maximum atomic E-state index is 11.6. The minimum absolute atomic E-state index is 0.324. The molecule has 1 aromatic heterocycles. The van der Waals surface area contributed by atoms with E-state index in [1.807, 2.05) is 19.1 Å². The topological polar surface area (TPSA) is 67.3 Å². The van der Waals surface area contributed by atoms with Crippen molar-refractivity contribution < 1.29 is 9.53 Å². The van der Waals surface area contributed by atoms with Crippen LogP contribution in [0.25, 0.3) is 4.85 Å². The van der Waals surface area contributed by atoms with Gasteiger partial charge in [-0.2, -0.15) is 5.26 Å². The van der Waals surface area contributed by atoms with E-state index in [-0.39, 0.29) is 0 Å². The molecule has 0 fully saturated rings. The highest BCUT2D eigenvalue weighted by Gasteiger charge is 2.15. The standard InChI is InChI=1S/C14H15N3O2S2/c1-4-20-12-7-11(9-17-13(12)14(18)19-3)21-6-5-10(8-15)16-2/h7,9-10H,4-6H2,1,3H3. The van der Waals surface area contributed by atoms with Crippen LogP contribution in [0.1, 0.15) is 23.8 Å². The van der Waals surface area contributed by atoms with Crippen molar-refractivity contribution in [1.29, 1.82) is 5.26 Å². The molecule has 0 bridgehead atoms. The van der Waals surface area contributed by atoms with Crippen LogP contribution in [0.2, 0.25) is 0 Å². The Morgan fingerprint density at radius 1 is 1.62 bits per heavy atom. The molecule has 0 saturated heterocycles. The van der Waals surface area contributed by atoms with E-state index in [1.165, 1.54) is 30.6 Å². The van der Waals surface area contributed by atoms with Crippen LogP contribution in [-0.4, -0.2) is 35.6 Å². The normalized spacial score (nSPS) is 11.2. The van der Waals surface area contributed by atoms with E-state index in [1.54, 1.807) is 6.20 Å². The monoisotopic (exact) mass is 321 g/mol. The summed E-state index contributed by atoms with van der Waals surface area (Å²) < 4.78 is 4.71. The van der Waals surface area contributed by atoms with Gasteiger partial charge in [0.1, 0.15) is 0 Å². The number of hydrogen-bond donors (Lipinski definition) is 0. The van der Waals surface area contributed by atoms with Gasteiger partial charge in [0.05, 0.1) is 7.11 Å². The first-order valence-corrected chi connectivity index (χ1v) is 8.23. The zero-order chi connectivity index (χ0) is 15.7. The molecule has 0 spiro atoms.